The largest absolute Gasteiger partial charge is 0.324 e. The molecule has 1 aromatic heterocycles. The highest BCUT2D eigenvalue weighted by Crippen LogP contribution is 2.22. The molecule has 2 amide bonds. The number of rotatable bonds is 4. The maximum absolute atomic E-state index is 12.6. The fraction of sp³-hybridized carbons (Fsp3) is 0.444. The van der Waals surface area contributed by atoms with E-state index in [1.165, 1.54) is 0 Å². The summed E-state index contributed by atoms with van der Waals surface area (Å²) in [7, 11) is 0. The topological polar surface area (TPSA) is 114 Å². The van der Waals surface area contributed by atoms with Gasteiger partial charge in [0.05, 0.1) is 5.71 Å². The summed E-state index contributed by atoms with van der Waals surface area (Å²) >= 11 is 0. The second-order valence-corrected chi connectivity index (χ2v) is 7.53. The first-order valence-electron chi connectivity index (χ1n) is 8.81. The number of hydrazone groups is 1. The van der Waals surface area contributed by atoms with Crippen LogP contribution in [0.15, 0.2) is 29.4 Å². The van der Waals surface area contributed by atoms with Crippen molar-refractivity contribution in [1.29, 1.82) is 0 Å². The molecule has 0 bridgehead atoms. The Morgan fingerprint density at radius 3 is 2.52 bits per heavy atom. The number of hydrogen-bond acceptors (Lipinski definition) is 6. The van der Waals surface area contributed by atoms with E-state index < -0.39 is 6.04 Å². The highest BCUT2D eigenvalue weighted by atomic mass is 16.2. The van der Waals surface area contributed by atoms with Crippen molar-refractivity contribution in [2.45, 2.75) is 52.0 Å². The van der Waals surface area contributed by atoms with Gasteiger partial charge in [0, 0.05) is 23.9 Å². The summed E-state index contributed by atoms with van der Waals surface area (Å²) < 4.78 is 1.54. The van der Waals surface area contributed by atoms with Crippen molar-refractivity contribution >= 4 is 23.2 Å². The van der Waals surface area contributed by atoms with E-state index in [4.69, 9.17) is 0 Å². The van der Waals surface area contributed by atoms with E-state index in [0.717, 1.165) is 11.3 Å². The molecular weight excluding hydrogens is 346 g/mol. The van der Waals surface area contributed by atoms with E-state index in [1.807, 2.05) is 45.0 Å². The number of hydrogen-bond donors (Lipinski definition) is 2. The molecule has 1 atom stereocenters. The summed E-state index contributed by atoms with van der Waals surface area (Å²) in [6, 6.07) is 6.81. The predicted molar refractivity (Wildman–Crippen MR) is 100 cm³/mol. The molecule has 27 heavy (non-hydrogen) atoms. The zero-order valence-corrected chi connectivity index (χ0v) is 15.9. The molecule has 3 rings (SSSR count). The van der Waals surface area contributed by atoms with Crippen LogP contribution >= 0.6 is 0 Å². The lowest BCUT2D eigenvalue weighted by atomic mass is 9.95. The van der Waals surface area contributed by atoms with E-state index in [-0.39, 0.29) is 17.2 Å². The Labute approximate surface area is 157 Å². The molecule has 142 valence electrons. The zero-order chi connectivity index (χ0) is 19.6. The number of aromatic nitrogens is 4. The van der Waals surface area contributed by atoms with Crippen molar-refractivity contribution in [3.8, 4) is 0 Å². The molecular formula is C18H23N7O2. The molecule has 1 aliphatic heterocycles. The Kier molecular flexibility index (Phi) is 5.02. The number of amides is 2. The third kappa shape index (κ3) is 4.18. The Morgan fingerprint density at radius 2 is 1.93 bits per heavy atom. The molecule has 9 nitrogen and oxygen atoms in total. The van der Waals surface area contributed by atoms with Gasteiger partial charge in [-0.05, 0) is 35.0 Å². The molecule has 1 aromatic carbocycles. The smallest absolute Gasteiger partial charge is 0.249 e. The first-order chi connectivity index (χ1) is 12.8. The van der Waals surface area contributed by atoms with Crippen molar-refractivity contribution in [2.75, 3.05) is 5.32 Å². The average molecular weight is 369 g/mol. The van der Waals surface area contributed by atoms with Crippen LogP contribution in [0, 0.1) is 0 Å². The van der Waals surface area contributed by atoms with Gasteiger partial charge in [0.2, 0.25) is 11.8 Å². The van der Waals surface area contributed by atoms with Crippen LogP contribution in [0.1, 0.15) is 58.0 Å². The van der Waals surface area contributed by atoms with Gasteiger partial charge in [-0.15, -0.1) is 5.10 Å². The zero-order valence-electron chi connectivity index (χ0n) is 15.9. The minimum Gasteiger partial charge on any atom is -0.324 e. The standard InChI is InChI=1S/C18H23N7O2/c1-11(25-17(18(2,3)4)22-23-24-25)16(27)19-13-7-5-12(6-8-13)14-9-10-15(26)21-20-14/h5-8,11H,9-10H2,1-4H3,(H,19,27)(H,21,26). The minimum atomic E-state index is -0.549. The quantitative estimate of drug-likeness (QED) is 0.853. The van der Waals surface area contributed by atoms with Crippen LogP contribution in [0.25, 0.3) is 0 Å². The third-order valence-corrected chi connectivity index (χ3v) is 4.30. The van der Waals surface area contributed by atoms with Crippen molar-refractivity contribution in [3.63, 3.8) is 0 Å². The molecule has 0 spiro atoms. The van der Waals surface area contributed by atoms with Gasteiger partial charge >= 0.3 is 0 Å². The molecule has 0 aliphatic carbocycles. The van der Waals surface area contributed by atoms with Crippen molar-refractivity contribution < 1.29 is 9.59 Å². The molecule has 0 radical (unpaired) electrons. The normalized spacial score (nSPS) is 15.7. The second kappa shape index (κ2) is 7.26. The summed E-state index contributed by atoms with van der Waals surface area (Å²) in [5, 5.41) is 18.7. The first kappa shape index (κ1) is 18.7. The van der Waals surface area contributed by atoms with Crippen LogP contribution < -0.4 is 10.7 Å². The molecule has 9 heteroatoms. The maximum Gasteiger partial charge on any atom is 0.249 e. The van der Waals surface area contributed by atoms with Crippen LogP contribution in [-0.2, 0) is 15.0 Å². The van der Waals surface area contributed by atoms with Crippen LogP contribution in [-0.4, -0.2) is 37.7 Å². The van der Waals surface area contributed by atoms with Gasteiger partial charge in [-0.1, -0.05) is 32.9 Å². The fourth-order valence-electron chi connectivity index (χ4n) is 2.73. The van der Waals surface area contributed by atoms with Crippen molar-refractivity contribution in [1.82, 2.24) is 25.6 Å². The molecule has 0 saturated heterocycles. The summed E-state index contributed by atoms with van der Waals surface area (Å²) in [5.74, 6) is 0.370. The summed E-state index contributed by atoms with van der Waals surface area (Å²) in [4.78, 5) is 23.8. The lowest BCUT2D eigenvalue weighted by molar-refractivity contribution is -0.121. The monoisotopic (exact) mass is 369 g/mol. The van der Waals surface area contributed by atoms with Gasteiger partial charge in [0.25, 0.3) is 0 Å². The Balaban J connectivity index is 1.69. The fourth-order valence-corrected chi connectivity index (χ4v) is 2.73. The number of tetrazole rings is 1. The van der Waals surface area contributed by atoms with Gasteiger partial charge in [0.15, 0.2) is 5.82 Å². The number of carbonyl (C=O) groups excluding carboxylic acids is 2. The molecule has 0 fully saturated rings. The van der Waals surface area contributed by atoms with Crippen molar-refractivity contribution in [2.24, 2.45) is 5.10 Å². The lowest BCUT2D eigenvalue weighted by Crippen LogP contribution is -2.29. The number of anilines is 1. The van der Waals surface area contributed by atoms with Crippen molar-refractivity contribution in [3.05, 3.63) is 35.7 Å². The number of carbonyl (C=O) groups is 2. The SMILES string of the molecule is CC(C(=O)Nc1ccc(C2=NNC(=O)CC2)cc1)n1nnnc1C(C)(C)C. The predicted octanol–water partition coefficient (Wildman–Crippen LogP) is 1.78. The van der Waals surface area contributed by atoms with E-state index in [9.17, 15) is 9.59 Å². The molecule has 2 heterocycles. The van der Waals surface area contributed by atoms with E-state index in [1.54, 1.807) is 11.6 Å². The van der Waals surface area contributed by atoms with E-state index in [0.29, 0.717) is 24.4 Å². The van der Waals surface area contributed by atoms with Gasteiger partial charge in [-0.2, -0.15) is 5.10 Å². The molecule has 2 aromatic rings. The first-order valence-corrected chi connectivity index (χ1v) is 8.81. The maximum atomic E-state index is 12.6. The second-order valence-electron chi connectivity index (χ2n) is 7.53. The summed E-state index contributed by atoms with van der Waals surface area (Å²) in [6.45, 7) is 7.74. The van der Waals surface area contributed by atoms with E-state index >= 15 is 0 Å². The third-order valence-electron chi connectivity index (χ3n) is 4.30. The number of benzene rings is 1. The Hall–Kier alpha value is -3.10. The summed E-state index contributed by atoms with van der Waals surface area (Å²) in [5.41, 5.74) is 4.62. The number of nitrogens with one attached hydrogen (secondary N) is 2. The van der Waals surface area contributed by atoms with Gasteiger partial charge in [0.1, 0.15) is 6.04 Å². The van der Waals surface area contributed by atoms with Gasteiger partial charge in [-0.25, -0.2) is 10.1 Å². The Morgan fingerprint density at radius 1 is 1.22 bits per heavy atom. The average Bonchev–Trinajstić information content (AvgIpc) is 3.12. The van der Waals surface area contributed by atoms with Crippen LogP contribution in [0.4, 0.5) is 5.69 Å². The van der Waals surface area contributed by atoms with Gasteiger partial charge in [-0.3, -0.25) is 9.59 Å². The molecule has 1 aliphatic rings. The highest BCUT2D eigenvalue weighted by Gasteiger charge is 2.27. The lowest BCUT2D eigenvalue weighted by Gasteiger charge is -2.20. The molecule has 2 N–H and O–H groups in total. The van der Waals surface area contributed by atoms with Crippen LogP contribution in [0.3, 0.4) is 0 Å². The Bertz CT molecular complexity index is 878. The number of nitrogens with zero attached hydrogens (tertiary/aromatic N) is 5. The molecule has 1 unspecified atom stereocenters. The highest BCUT2D eigenvalue weighted by molar-refractivity contribution is 6.04. The van der Waals surface area contributed by atoms with Gasteiger partial charge < -0.3 is 5.32 Å². The summed E-state index contributed by atoms with van der Waals surface area (Å²) in [6.07, 6.45) is 1.03. The minimum absolute atomic E-state index is 0.0751. The molecule has 0 saturated carbocycles. The van der Waals surface area contributed by atoms with Crippen LogP contribution in [0.2, 0.25) is 0 Å². The van der Waals surface area contributed by atoms with E-state index in [2.05, 4.69) is 31.4 Å². The van der Waals surface area contributed by atoms with Crippen LogP contribution in [0.5, 0.6) is 0 Å².